The van der Waals surface area contributed by atoms with Crippen LogP contribution in [0.5, 0.6) is 5.88 Å². The maximum Gasteiger partial charge on any atom is 0.416 e. The van der Waals surface area contributed by atoms with Gasteiger partial charge in [0.1, 0.15) is 6.61 Å². The van der Waals surface area contributed by atoms with Crippen molar-refractivity contribution in [2.24, 2.45) is 0 Å². The van der Waals surface area contributed by atoms with E-state index in [1.807, 2.05) is 0 Å². The van der Waals surface area contributed by atoms with Crippen LogP contribution in [0.4, 0.5) is 24.5 Å². The summed E-state index contributed by atoms with van der Waals surface area (Å²) in [4.78, 5) is 16.3. The smallest absolute Gasteiger partial charge is 0.416 e. The molecule has 1 amide bonds. The van der Waals surface area contributed by atoms with Crippen LogP contribution in [0.25, 0.3) is 0 Å². The van der Waals surface area contributed by atoms with E-state index in [0.717, 1.165) is 12.1 Å². The van der Waals surface area contributed by atoms with Gasteiger partial charge in [-0.05, 0) is 48.5 Å². The van der Waals surface area contributed by atoms with Crippen molar-refractivity contribution in [1.82, 2.24) is 4.98 Å². The van der Waals surface area contributed by atoms with Crippen molar-refractivity contribution in [3.8, 4) is 5.88 Å². The highest BCUT2D eigenvalue weighted by Crippen LogP contribution is 2.31. The molecule has 1 heterocycles. The van der Waals surface area contributed by atoms with Crippen molar-refractivity contribution in [3.05, 3.63) is 78.0 Å². The average molecular weight is 495 g/mol. The molecule has 0 atom stereocenters. The summed E-state index contributed by atoms with van der Waals surface area (Å²) in [5.41, 5.74) is -0.659. The van der Waals surface area contributed by atoms with Gasteiger partial charge in [0.25, 0.3) is 15.9 Å². The number of carbonyl (C=O) groups excluding carboxylic acids is 1. The average Bonchev–Trinajstić information content (AvgIpc) is 2.80. The molecule has 0 bridgehead atoms. The molecule has 0 aliphatic heterocycles. The molecule has 2 aromatic carbocycles. The summed E-state index contributed by atoms with van der Waals surface area (Å²) < 4.78 is 75.9. The minimum Gasteiger partial charge on any atom is -0.475 e. The first kappa shape index (κ1) is 25.0. The van der Waals surface area contributed by atoms with Gasteiger partial charge in [0.15, 0.2) is 0 Å². The first-order valence-electron chi connectivity index (χ1n) is 9.78. The number of nitrogens with one attached hydrogen (secondary N) is 2. The largest absolute Gasteiger partial charge is 0.475 e. The Morgan fingerprint density at radius 2 is 1.74 bits per heavy atom. The fourth-order valence-corrected chi connectivity index (χ4v) is 3.78. The summed E-state index contributed by atoms with van der Waals surface area (Å²) in [5, 5.41) is 2.62. The Hall–Kier alpha value is -3.64. The number of pyridine rings is 1. The number of nitrogens with zero attached hydrogens (tertiary/aromatic N) is 1. The Morgan fingerprint density at radius 3 is 2.35 bits per heavy atom. The van der Waals surface area contributed by atoms with Crippen molar-refractivity contribution in [3.63, 3.8) is 0 Å². The van der Waals surface area contributed by atoms with Crippen molar-refractivity contribution < 1.29 is 35.9 Å². The third-order valence-electron chi connectivity index (χ3n) is 4.40. The van der Waals surface area contributed by atoms with Gasteiger partial charge in [-0.15, -0.1) is 0 Å². The fourth-order valence-electron chi connectivity index (χ4n) is 2.73. The van der Waals surface area contributed by atoms with E-state index in [0.29, 0.717) is 30.8 Å². The molecule has 12 heteroatoms. The summed E-state index contributed by atoms with van der Waals surface area (Å²) in [7, 11) is -2.63. The molecule has 1 aromatic heterocycles. The predicted molar refractivity (Wildman–Crippen MR) is 118 cm³/mol. The molecule has 0 aliphatic rings. The Balaban J connectivity index is 1.65. The number of rotatable bonds is 9. The van der Waals surface area contributed by atoms with Gasteiger partial charge in [0.2, 0.25) is 5.88 Å². The van der Waals surface area contributed by atoms with Gasteiger partial charge in [-0.2, -0.15) is 13.2 Å². The van der Waals surface area contributed by atoms with Crippen LogP contribution in [-0.2, 0) is 20.9 Å². The highest BCUT2D eigenvalue weighted by molar-refractivity contribution is 7.92. The zero-order valence-electron chi connectivity index (χ0n) is 17.8. The molecule has 3 aromatic rings. The van der Waals surface area contributed by atoms with Gasteiger partial charge in [-0.1, -0.05) is 6.07 Å². The Bertz CT molecular complexity index is 1230. The lowest BCUT2D eigenvalue weighted by atomic mass is 10.2. The molecule has 8 nitrogen and oxygen atoms in total. The first-order valence-corrected chi connectivity index (χ1v) is 11.3. The summed E-state index contributed by atoms with van der Waals surface area (Å²) >= 11 is 0. The number of aromatic nitrogens is 1. The second-order valence-corrected chi connectivity index (χ2v) is 8.57. The van der Waals surface area contributed by atoms with Crippen LogP contribution in [0, 0.1) is 0 Å². The molecular weight excluding hydrogens is 475 g/mol. The number of anilines is 2. The van der Waals surface area contributed by atoms with Crippen LogP contribution in [-0.4, -0.2) is 39.6 Å². The third-order valence-corrected chi connectivity index (χ3v) is 5.80. The summed E-state index contributed by atoms with van der Waals surface area (Å²) in [6.07, 6.45) is -3.21. The second kappa shape index (κ2) is 10.5. The van der Waals surface area contributed by atoms with E-state index in [2.05, 4.69) is 15.0 Å². The van der Waals surface area contributed by atoms with E-state index in [-0.39, 0.29) is 16.1 Å². The minimum atomic E-state index is -4.61. The van der Waals surface area contributed by atoms with Gasteiger partial charge >= 0.3 is 6.18 Å². The topological polar surface area (TPSA) is 107 Å². The lowest BCUT2D eigenvalue weighted by Gasteiger charge is -2.12. The number of hydrogen-bond acceptors (Lipinski definition) is 6. The molecule has 0 saturated heterocycles. The molecule has 34 heavy (non-hydrogen) atoms. The number of alkyl halides is 3. The minimum absolute atomic E-state index is 0.165. The monoisotopic (exact) mass is 495 g/mol. The van der Waals surface area contributed by atoms with Crippen LogP contribution in [0.2, 0.25) is 0 Å². The summed E-state index contributed by atoms with van der Waals surface area (Å²) in [5.74, 6) is -0.150. The number of sulfonamides is 1. The summed E-state index contributed by atoms with van der Waals surface area (Å²) in [6.45, 7) is 0.731. The van der Waals surface area contributed by atoms with Crippen molar-refractivity contribution in [2.75, 3.05) is 30.4 Å². The van der Waals surface area contributed by atoms with Crippen molar-refractivity contribution in [2.45, 2.75) is 11.1 Å². The normalized spacial score (nSPS) is 11.6. The van der Waals surface area contributed by atoms with Gasteiger partial charge in [0, 0.05) is 24.4 Å². The summed E-state index contributed by atoms with van der Waals surface area (Å²) in [6, 6.07) is 11.9. The Labute approximate surface area is 193 Å². The van der Waals surface area contributed by atoms with Crippen molar-refractivity contribution in [1.29, 1.82) is 0 Å². The van der Waals surface area contributed by atoms with Crippen LogP contribution in [0.3, 0.4) is 0 Å². The van der Waals surface area contributed by atoms with E-state index in [1.54, 1.807) is 19.2 Å². The standard InChI is InChI=1S/C22H20F3N3O5S/c1-32-11-12-33-20-10-7-18(14-26-20)27-21(29)15-5-8-19(9-6-15)34(30,31)28-17-4-2-3-16(13-17)22(23,24)25/h2-10,13-14,28H,11-12H2,1H3,(H,27,29). The lowest BCUT2D eigenvalue weighted by molar-refractivity contribution is -0.137. The molecule has 0 saturated carbocycles. The molecule has 3 rings (SSSR count). The number of hydrogen-bond donors (Lipinski definition) is 2. The van der Waals surface area contributed by atoms with Crippen LogP contribution < -0.4 is 14.8 Å². The van der Waals surface area contributed by atoms with Crippen LogP contribution in [0.15, 0.2) is 71.8 Å². The molecule has 2 N–H and O–H groups in total. The highest BCUT2D eigenvalue weighted by Gasteiger charge is 2.30. The fraction of sp³-hybridized carbons (Fsp3) is 0.182. The number of methoxy groups -OCH3 is 1. The van der Waals surface area contributed by atoms with Crippen LogP contribution in [0.1, 0.15) is 15.9 Å². The SMILES string of the molecule is COCCOc1ccc(NC(=O)c2ccc(S(=O)(=O)Nc3cccc(C(F)(F)F)c3)cc2)cn1. The third kappa shape index (κ3) is 6.68. The number of halogens is 3. The molecular formula is C22H20F3N3O5S. The molecule has 0 unspecified atom stereocenters. The first-order chi connectivity index (χ1) is 16.1. The number of amides is 1. The Morgan fingerprint density at radius 1 is 1.00 bits per heavy atom. The van der Waals surface area contributed by atoms with Crippen molar-refractivity contribution >= 4 is 27.3 Å². The van der Waals surface area contributed by atoms with Gasteiger partial charge < -0.3 is 14.8 Å². The van der Waals surface area contributed by atoms with Gasteiger partial charge in [-0.3, -0.25) is 9.52 Å². The Kier molecular flexibility index (Phi) is 7.74. The van der Waals surface area contributed by atoms with Gasteiger partial charge in [0.05, 0.1) is 29.0 Å². The van der Waals surface area contributed by atoms with E-state index >= 15 is 0 Å². The van der Waals surface area contributed by atoms with E-state index in [4.69, 9.17) is 9.47 Å². The molecule has 0 fully saturated rings. The van der Waals surface area contributed by atoms with E-state index in [1.165, 1.54) is 36.5 Å². The number of benzene rings is 2. The maximum absolute atomic E-state index is 12.9. The quantitative estimate of drug-likeness (QED) is 0.432. The molecule has 0 aliphatic carbocycles. The zero-order valence-corrected chi connectivity index (χ0v) is 18.6. The van der Waals surface area contributed by atoms with Gasteiger partial charge in [-0.25, -0.2) is 13.4 Å². The molecule has 180 valence electrons. The number of ether oxygens (including phenoxy) is 2. The second-order valence-electron chi connectivity index (χ2n) is 6.89. The number of carbonyl (C=O) groups is 1. The lowest BCUT2D eigenvalue weighted by Crippen LogP contribution is -2.15. The van der Waals surface area contributed by atoms with E-state index in [9.17, 15) is 26.4 Å². The highest BCUT2D eigenvalue weighted by atomic mass is 32.2. The predicted octanol–water partition coefficient (Wildman–Crippen LogP) is 4.18. The molecule has 0 spiro atoms. The van der Waals surface area contributed by atoms with Crippen LogP contribution >= 0.6 is 0 Å². The van der Waals surface area contributed by atoms with E-state index < -0.39 is 27.7 Å². The zero-order chi connectivity index (χ0) is 24.8. The maximum atomic E-state index is 12.9. The molecule has 0 radical (unpaired) electrons.